The predicted octanol–water partition coefficient (Wildman–Crippen LogP) is 1.60. The summed E-state index contributed by atoms with van der Waals surface area (Å²) in [4.78, 5) is 2.55. The van der Waals surface area contributed by atoms with Crippen molar-refractivity contribution in [1.82, 2.24) is 4.90 Å². The molecule has 2 aliphatic rings. The molecule has 0 amide bonds. The Morgan fingerprint density at radius 1 is 1.20 bits per heavy atom. The number of rotatable bonds is 4. The Balaban J connectivity index is 1.62. The van der Waals surface area contributed by atoms with Gasteiger partial charge in [0, 0.05) is 25.2 Å². The minimum Gasteiger partial charge on any atom is -0.394 e. The van der Waals surface area contributed by atoms with Crippen LogP contribution in [0.4, 0.5) is 0 Å². The van der Waals surface area contributed by atoms with Crippen molar-refractivity contribution in [2.45, 2.75) is 37.5 Å². The van der Waals surface area contributed by atoms with Gasteiger partial charge in [0.05, 0.1) is 19.3 Å². The molecule has 1 heterocycles. The fraction of sp³-hybridized carbons (Fsp3) is 0.625. The highest BCUT2D eigenvalue weighted by Gasteiger charge is 2.34. The molecule has 3 rings (SSSR count). The first kappa shape index (κ1) is 14.0. The Bertz CT molecular complexity index is 444. The van der Waals surface area contributed by atoms with Crippen LogP contribution in [0.3, 0.4) is 0 Å². The summed E-state index contributed by atoms with van der Waals surface area (Å²) in [5.41, 5.74) is 8.98. The lowest BCUT2D eigenvalue weighted by atomic mass is 10.0. The molecule has 0 spiro atoms. The predicted molar refractivity (Wildman–Crippen MR) is 78.4 cm³/mol. The summed E-state index contributed by atoms with van der Waals surface area (Å²) in [6, 6.07) is 9.23. The number of aliphatic hydroxyl groups excluding tert-OH is 1. The van der Waals surface area contributed by atoms with Crippen LogP contribution in [0.15, 0.2) is 24.3 Å². The van der Waals surface area contributed by atoms with E-state index in [1.807, 2.05) is 0 Å². The van der Waals surface area contributed by atoms with E-state index < -0.39 is 0 Å². The average molecular weight is 276 g/mol. The number of nitrogens with zero attached hydrogens (tertiary/aromatic N) is 1. The Hall–Kier alpha value is -0.940. The third-order valence-electron chi connectivity index (χ3n) is 4.59. The summed E-state index contributed by atoms with van der Waals surface area (Å²) in [6.07, 6.45) is 3.44. The molecule has 1 aliphatic heterocycles. The number of hydrogen-bond donors (Lipinski definition) is 2. The van der Waals surface area contributed by atoms with Crippen molar-refractivity contribution in [2.24, 2.45) is 5.73 Å². The summed E-state index contributed by atoms with van der Waals surface area (Å²) in [5, 5.41) is 8.81. The van der Waals surface area contributed by atoms with Crippen molar-refractivity contribution >= 4 is 0 Å². The van der Waals surface area contributed by atoms with Crippen LogP contribution in [-0.2, 0) is 4.74 Å². The van der Waals surface area contributed by atoms with E-state index in [0.717, 1.165) is 32.4 Å². The van der Waals surface area contributed by atoms with Gasteiger partial charge < -0.3 is 15.6 Å². The molecule has 110 valence electrons. The Labute approximate surface area is 120 Å². The van der Waals surface area contributed by atoms with E-state index in [1.54, 1.807) is 0 Å². The smallest absolute Gasteiger partial charge is 0.0701 e. The van der Waals surface area contributed by atoms with E-state index in [-0.39, 0.29) is 12.6 Å². The van der Waals surface area contributed by atoms with Crippen LogP contribution < -0.4 is 5.73 Å². The zero-order valence-electron chi connectivity index (χ0n) is 11.9. The number of nitrogens with two attached hydrogens (primary N) is 1. The van der Waals surface area contributed by atoms with E-state index in [0.29, 0.717) is 18.8 Å². The Kier molecular flexibility index (Phi) is 4.36. The van der Waals surface area contributed by atoms with E-state index in [9.17, 15) is 0 Å². The Morgan fingerprint density at radius 3 is 2.60 bits per heavy atom. The molecule has 1 saturated heterocycles. The average Bonchev–Trinajstić information content (AvgIpc) is 2.83. The normalized spacial score (nSPS) is 27.7. The van der Waals surface area contributed by atoms with Gasteiger partial charge >= 0.3 is 0 Å². The van der Waals surface area contributed by atoms with Crippen molar-refractivity contribution < 1.29 is 9.84 Å². The highest BCUT2D eigenvalue weighted by molar-refractivity contribution is 5.37. The third kappa shape index (κ3) is 2.74. The minimum absolute atomic E-state index is 0.116. The Morgan fingerprint density at radius 2 is 1.90 bits per heavy atom. The standard InChI is InChI=1S/C16H24N2O2/c17-15-11-16(14-4-2-1-3-13(14)15)18-7-5-12(6-8-18)20-10-9-19/h1-4,12,15-16,19H,5-11,17H2. The van der Waals surface area contributed by atoms with Crippen LogP contribution in [0.1, 0.15) is 42.5 Å². The van der Waals surface area contributed by atoms with Gasteiger partial charge in [0.25, 0.3) is 0 Å². The highest BCUT2D eigenvalue weighted by atomic mass is 16.5. The molecule has 4 nitrogen and oxygen atoms in total. The number of ether oxygens (including phenoxy) is 1. The van der Waals surface area contributed by atoms with Crippen molar-refractivity contribution in [3.05, 3.63) is 35.4 Å². The largest absolute Gasteiger partial charge is 0.394 e. The van der Waals surface area contributed by atoms with Crippen LogP contribution in [-0.4, -0.2) is 42.4 Å². The number of benzene rings is 1. The number of fused-ring (bicyclic) bond motifs is 1. The van der Waals surface area contributed by atoms with E-state index in [2.05, 4.69) is 29.2 Å². The summed E-state index contributed by atoms with van der Waals surface area (Å²) in [6.45, 7) is 2.69. The molecule has 1 aromatic carbocycles. The van der Waals surface area contributed by atoms with Crippen molar-refractivity contribution in [3.63, 3.8) is 0 Å². The van der Waals surface area contributed by atoms with Crippen LogP contribution >= 0.6 is 0 Å². The summed E-state index contributed by atoms with van der Waals surface area (Å²) in [5.74, 6) is 0. The lowest BCUT2D eigenvalue weighted by Gasteiger charge is -2.36. The second kappa shape index (κ2) is 6.22. The second-order valence-corrected chi connectivity index (χ2v) is 5.82. The molecule has 2 atom stereocenters. The first-order valence-electron chi connectivity index (χ1n) is 7.60. The van der Waals surface area contributed by atoms with E-state index in [1.165, 1.54) is 11.1 Å². The van der Waals surface area contributed by atoms with Gasteiger partial charge in [-0.2, -0.15) is 0 Å². The van der Waals surface area contributed by atoms with Gasteiger partial charge in [0.2, 0.25) is 0 Å². The van der Waals surface area contributed by atoms with Crippen LogP contribution in [0.5, 0.6) is 0 Å². The first-order valence-corrected chi connectivity index (χ1v) is 7.60. The summed E-state index contributed by atoms with van der Waals surface area (Å²) in [7, 11) is 0. The number of likely N-dealkylation sites (tertiary alicyclic amines) is 1. The molecule has 0 saturated carbocycles. The number of hydrogen-bond acceptors (Lipinski definition) is 4. The third-order valence-corrected chi connectivity index (χ3v) is 4.59. The van der Waals surface area contributed by atoms with E-state index in [4.69, 9.17) is 15.6 Å². The van der Waals surface area contributed by atoms with Gasteiger partial charge in [-0.1, -0.05) is 24.3 Å². The molecular weight excluding hydrogens is 252 g/mol. The molecule has 20 heavy (non-hydrogen) atoms. The maximum Gasteiger partial charge on any atom is 0.0701 e. The van der Waals surface area contributed by atoms with Gasteiger partial charge in [-0.3, -0.25) is 4.90 Å². The minimum atomic E-state index is 0.116. The topological polar surface area (TPSA) is 58.7 Å². The monoisotopic (exact) mass is 276 g/mol. The van der Waals surface area contributed by atoms with Crippen molar-refractivity contribution in [2.75, 3.05) is 26.3 Å². The van der Waals surface area contributed by atoms with Gasteiger partial charge in [-0.15, -0.1) is 0 Å². The molecule has 3 N–H and O–H groups in total. The SMILES string of the molecule is NC1CC(N2CCC(OCCO)CC2)c2ccccc21. The molecule has 1 aromatic rings. The van der Waals surface area contributed by atoms with Gasteiger partial charge in [-0.05, 0) is 30.4 Å². The summed E-state index contributed by atoms with van der Waals surface area (Å²) < 4.78 is 5.63. The maximum atomic E-state index is 8.81. The fourth-order valence-electron chi connectivity index (χ4n) is 3.57. The number of aliphatic hydroxyl groups is 1. The first-order chi connectivity index (χ1) is 9.79. The molecule has 0 radical (unpaired) electrons. The molecule has 0 bridgehead atoms. The second-order valence-electron chi connectivity index (χ2n) is 5.82. The van der Waals surface area contributed by atoms with Crippen LogP contribution in [0, 0.1) is 0 Å². The molecule has 1 aliphatic carbocycles. The fourth-order valence-corrected chi connectivity index (χ4v) is 3.57. The molecular formula is C16H24N2O2. The van der Waals surface area contributed by atoms with E-state index >= 15 is 0 Å². The molecule has 0 aromatic heterocycles. The van der Waals surface area contributed by atoms with Crippen LogP contribution in [0.25, 0.3) is 0 Å². The highest BCUT2D eigenvalue weighted by Crippen LogP contribution is 2.41. The number of piperidine rings is 1. The maximum absolute atomic E-state index is 8.81. The molecule has 4 heteroatoms. The quantitative estimate of drug-likeness (QED) is 0.877. The van der Waals surface area contributed by atoms with Gasteiger partial charge in [-0.25, -0.2) is 0 Å². The van der Waals surface area contributed by atoms with Gasteiger partial charge in [0.1, 0.15) is 0 Å². The zero-order valence-corrected chi connectivity index (χ0v) is 11.9. The lowest BCUT2D eigenvalue weighted by molar-refractivity contribution is -0.0157. The summed E-state index contributed by atoms with van der Waals surface area (Å²) >= 11 is 0. The zero-order chi connectivity index (χ0) is 13.9. The lowest BCUT2D eigenvalue weighted by Crippen LogP contribution is -2.39. The molecule has 2 unspecified atom stereocenters. The van der Waals surface area contributed by atoms with Gasteiger partial charge in [0.15, 0.2) is 0 Å². The molecule has 1 fully saturated rings. The van der Waals surface area contributed by atoms with Crippen LogP contribution in [0.2, 0.25) is 0 Å². The van der Waals surface area contributed by atoms with Crippen molar-refractivity contribution in [1.29, 1.82) is 0 Å². The van der Waals surface area contributed by atoms with Crippen molar-refractivity contribution in [3.8, 4) is 0 Å².